The molecule has 1 aliphatic heterocycles. The molecule has 11 heavy (non-hydrogen) atoms. The molecule has 0 radical (unpaired) electrons. The van der Waals surface area contributed by atoms with E-state index in [9.17, 15) is 4.79 Å². The summed E-state index contributed by atoms with van der Waals surface area (Å²) in [4.78, 5) is 12.4. The van der Waals surface area contributed by atoms with Gasteiger partial charge in [-0.1, -0.05) is 6.92 Å². The second-order valence-electron chi connectivity index (χ2n) is 3.34. The van der Waals surface area contributed by atoms with Crippen LogP contribution in [0, 0.1) is 5.92 Å². The number of carboxylic acids is 1. The summed E-state index contributed by atoms with van der Waals surface area (Å²) in [6.45, 7) is 5.09. The summed E-state index contributed by atoms with van der Waals surface area (Å²) in [5.41, 5.74) is 0. The molecular formula is C8H15NO2. The Hall–Kier alpha value is -0.570. The standard InChI is InChI=1S/C8H15NO2/c1-7-2-4-9(6-7)5-3-8(10)11/h7H,2-6H2,1H3,(H,10,11). The van der Waals surface area contributed by atoms with Gasteiger partial charge in [0.1, 0.15) is 0 Å². The lowest BCUT2D eigenvalue weighted by atomic mass is 10.2. The number of aliphatic carboxylic acids is 1. The normalized spacial score (nSPS) is 25.7. The van der Waals surface area contributed by atoms with E-state index in [-0.39, 0.29) is 6.42 Å². The summed E-state index contributed by atoms with van der Waals surface area (Å²) in [6, 6.07) is 0. The number of carbonyl (C=O) groups is 1. The summed E-state index contributed by atoms with van der Waals surface area (Å²) in [5.74, 6) is 0.0633. The monoisotopic (exact) mass is 157 g/mol. The number of likely N-dealkylation sites (tertiary alicyclic amines) is 1. The Kier molecular flexibility index (Phi) is 2.88. The van der Waals surface area contributed by atoms with Crippen LogP contribution < -0.4 is 0 Å². The largest absolute Gasteiger partial charge is 0.481 e. The van der Waals surface area contributed by atoms with Crippen molar-refractivity contribution < 1.29 is 9.90 Å². The fourth-order valence-corrected chi connectivity index (χ4v) is 1.48. The van der Waals surface area contributed by atoms with Gasteiger partial charge in [-0.25, -0.2) is 0 Å². The predicted octanol–water partition coefficient (Wildman–Crippen LogP) is 0.803. The maximum atomic E-state index is 10.2. The Labute approximate surface area is 67.0 Å². The van der Waals surface area contributed by atoms with Crippen molar-refractivity contribution in [2.24, 2.45) is 5.92 Å². The van der Waals surface area contributed by atoms with E-state index in [0.717, 1.165) is 25.6 Å². The number of hydrogen-bond donors (Lipinski definition) is 1. The first-order valence-electron chi connectivity index (χ1n) is 4.12. The molecular weight excluding hydrogens is 142 g/mol. The molecule has 0 aliphatic carbocycles. The molecule has 1 rings (SSSR count). The number of rotatable bonds is 3. The van der Waals surface area contributed by atoms with Crippen LogP contribution in [0.15, 0.2) is 0 Å². The van der Waals surface area contributed by atoms with Crippen molar-refractivity contribution in [2.45, 2.75) is 19.8 Å². The van der Waals surface area contributed by atoms with Gasteiger partial charge in [-0.2, -0.15) is 0 Å². The van der Waals surface area contributed by atoms with Crippen LogP contribution in [0.25, 0.3) is 0 Å². The van der Waals surface area contributed by atoms with Crippen LogP contribution in [0.2, 0.25) is 0 Å². The lowest BCUT2D eigenvalue weighted by Crippen LogP contribution is -2.23. The van der Waals surface area contributed by atoms with E-state index in [4.69, 9.17) is 5.11 Å². The fourth-order valence-electron chi connectivity index (χ4n) is 1.48. The molecule has 1 unspecified atom stereocenters. The molecule has 1 aliphatic rings. The zero-order valence-electron chi connectivity index (χ0n) is 6.92. The Morgan fingerprint density at radius 1 is 1.73 bits per heavy atom. The van der Waals surface area contributed by atoms with Gasteiger partial charge < -0.3 is 10.0 Å². The molecule has 1 heterocycles. The average molecular weight is 157 g/mol. The molecule has 3 nitrogen and oxygen atoms in total. The van der Waals surface area contributed by atoms with Gasteiger partial charge in [-0.05, 0) is 18.9 Å². The minimum Gasteiger partial charge on any atom is -0.481 e. The van der Waals surface area contributed by atoms with Gasteiger partial charge in [0.05, 0.1) is 6.42 Å². The van der Waals surface area contributed by atoms with E-state index in [0.29, 0.717) is 0 Å². The van der Waals surface area contributed by atoms with E-state index in [2.05, 4.69) is 11.8 Å². The third kappa shape index (κ3) is 2.89. The topological polar surface area (TPSA) is 40.5 Å². The Balaban J connectivity index is 2.13. The van der Waals surface area contributed by atoms with E-state index >= 15 is 0 Å². The third-order valence-corrected chi connectivity index (χ3v) is 2.15. The molecule has 0 aromatic carbocycles. The maximum absolute atomic E-state index is 10.2. The Morgan fingerprint density at radius 2 is 2.45 bits per heavy atom. The molecule has 3 heteroatoms. The van der Waals surface area contributed by atoms with Crippen molar-refractivity contribution in [2.75, 3.05) is 19.6 Å². The first-order chi connectivity index (χ1) is 5.18. The minimum atomic E-state index is -0.690. The van der Waals surface area contributed by atoms with Gasteiger partial charge in [0.15, 0.2) is 0 Å². The SMILES string of the molecule is CC1CCN(CCC(=O)O)C1. The molecule has 0 amide bonds. The second kappa shape index (κ2) is 3.72. The first-order valence-corrected chi connectivity index (χ1v) is 4.12. The molecule has 1 fully saturated rings. The highest BCUT2D eigenvalue weighted by Crippen LogP contribution is 2.14. The molecule has 1 saturated heterocycles. The number of carboxylic acid groups (broad SMARTS) is 1. The van der Waals surface area contributed by atoms with Crippen molar-refractivity contribution in [1.29, 1.82) is 0 Å². The van der Waals surface area contributed by atoms with Gasteiger partial charge in [-0.15, -0.1) is 0 Å². The van der Waals surface area contributed by atoms with Gasteiger partial charge in [0.25, 0.3) is 0 Å². The van der Waals surface area contributed by atoms with Crippen molar-refractivity contribution in [3.63, 3.8) is 0 Å². The van der Waals surface area contributed by atoms with Crippen LogP contribution in [0.3, 0.4) is 0 Å². The molecule has 1 N–H and O–H groups in total. The van der Waals surface area contributed by atoms with Crippen LogP contribution in [0.5, 0.6) is 0 Å². The molecule has 1 atom stereocenters. The predicted molar refractivity (Wildman–Crippen MR) is 42.5 cm³/mol. The summed E-state index contributed by atoms with van der Waals surface area (Å²) in [5, 5.41) is 8.41. The highest BCUT2D eigenvalue weighted by atomic mass is 16.4. The highest BCUT2D eigenvalue weighted by molar-refractivity contribution is 5.66. The van der Waals surface area contributed by atoms with Gasteiger partial charge >= 0.3 is 5.97 Å². The van der Waals surface area contributed by atoms with Gasteiger partial charge in [0, 0.05) is 13.1 Å². The quantitative estimate of drug-likeness (QED) is 0.658. The van der Waals surface area contributed by atoms with E-state index in [1.165, 1.54) is 6.42 Å². The number of hydrogen-bond acceptors (Lipinski definition) is 2. The van der Waals surface area contributed by atoms with Crippen LogP contribution in [-0.2, 0) is 4.79 Å². The van der Waals surface area contributed by atoms with Crippen LogP contribution >= 0.6 is 0 Å². The average Bonchev–Trinajstić information content (AvgIpc) is 2.31. The van der Waals surface area contributed by atoms with Crippen LogP contribution in [-0.4, -0.2) is 35.6 Å². The lowest BCUT2D eigenvalue weighted by Gasteiger charge is -2.12. The zero-order valence-corrected chi connectivity index (χ0v) is 6.92. The van der Waals surface area contributed by atoms with E-state index in [1.807, 2.05) is 0 Å². The molecule has 64 valence electrons. The van der Waals surface area contributed by atoms with Crippen molar-refractivity contribution in [1.82, 2.24) is 4.90 Å². The summed E-state index contributed by atoms with van der Waals surface area (Å²) in [7, 11) is 0. The molecule has 0 aromatic heterocycles. The molecule has 0 saturated carbocycles. The minimum absolute atomic E-state index is 0.284. The molecule has 0 aromatic rings. The lowest BCUT2D eigenvalue weighted by molar-refractivity contribution is -0.137. The van der Waals surface area contributed by atoms with Crippen molar-refractivity contribution in [3.8, 4) is 0 Å². The Bertz CT molecular complexity index is 147. The van der Waals surface area contributed by atoms with Gasteiger partial charge in [0.2, 0.25) is 0 Å². The van der Waals surface area contributed by atoms with E-state index < -0.39 is 5.97 Å². The van der Waals surface area contributed by atoms with Gasteiger partial charge in [-0.3, -0.25) is 4.79 Å². The third-order valence-electron chi connectivity index (χ3n) is 2.15. The summed E-state index contributed by atoms with van der Waals surface area (Å²) >= 11 is 0. The highest BCUT2D eigenvalue weighted by Gasteiger charge is 2.18. The number of nitrogens with zero attached hydrogens (tertiary/aromatic N) is 1. The smallest absolute Gasteiger partial charge is 0.304 e. The summed E-state index contributed by atoms with van der Waals surface area (Å²) < 4.78 is 0. The van der Waals surface area contributed by atoms with Crippen molar-refractivity contribution in [3.05, 3.63) is 0 Å². The first kappa shape index (κ1) is 8.53. The maximum Gasteiger partial charge on any atom is 0.304 e. The fraction of sp³-hybridized carbons (Fsp3) is 0.875. The molecule has 0 bridgehead atoms. The van der Waals surface area contributed by atoms with Crippen LogP contribution in [0.1, 0.15) is 19.8 Å². The second-order valence-corrected chi connectivity index (χ2v) is 3.34. The van der Waals surface area contributed by atoms with Crippen molar-refractivity contribution >= 4 is 5.97 Å². The summed E-state index contributed by atoms with van der Waals surface area (Å²) in [6.07, 6.45) is 1.51. The zero-order chi connectivity index (χ0) is 8.27. The van der Waals surface area contributed by atoms with E-state index in [1.54, 1.807) is 0 Å². The Morgan fingerprint density at radius 3 is 2.91 bits per heavy atom. The van der Waals surface area contributed by atoms with Crippen LogP contribution in [0.4, 0.5) is 0 Å². The molecule has 0 spiro atoms.